The number of anilines is 1. The lowest BCUT2D eigenvalue weighted by Gasteiger charge is -2.11. The Balaban J connectivity index is 1.74. The molecule has 5 nitrogen and oxygen atoms in total. The van der Waals surface area contributed by atoms with Gasteiger partial charge in [0.25, 0.3) is 5.91 Å². The molecule has 3 aromatic heterocycles. The minimum absolute atomic E-state index is 0.195. The second-order valence-electron chi connectivity index (χ2n) is 5.99. The third-order valence-corrected chi connectivity index (χ3v) is 4.62. The van der Waals surface area contributed by atoms with Crippen molar-refractivity contribution in [1.82, 2.24) is 9.55 Å². The molecular weight excluding hydrogens is 394 g/mol. The van der Waals surface area contributed by atoms with Crippen LogP contribution in [0, 0.1) is 6.92 Å². The third-order valence-electron chi connectivity index (χ3n) is 4.23. The van der Waals surface area contributed by atoms with Gasteiger partial charge in [0.05, 0.1) is 16.9 Å². The van der Waals surface area contributed by atoms with E-state index in [1.165, 1.54) is 0 Å². The van der Waals surface area contributed by atoms with Gasteiger partial charge in [-0.05, 0) is 40.5 Å². The number of nitrogens with zero attached hydrogens (tertiary/aromatic N) is 2. The molecule has 0 saturated carbocycles. The highest BCUT2D eigenvalue weighted by Crippen LogP contribution is 2.28. The van der Waals surface area contributed by atoms with Crippen molar-refractivity contribution in [3.05, 3.63) is 82.4 Å². The highest BCUT2D eigenvalue weighted by Gasteiger charge is 2.19. The molecular formula is C20H16BrN3O2. The van der Waals surface area contributed by atoms with Crippen LogP contribution in [0.3, 0.4) is 0 Å². The molecule has 1 amide bonds. The first-order chi connectivity index (χ1) is 12.6. The summed E-state index contributed by atoms with van der Waals surface area (Å²) >= 11 is 3.36. The summed E-state index contributed by atoms with van der Waals surface area (Å²) in [7, 11) is 0. The van der Waals surface area contributed by atoms with Gasteiger partial charge in [0.2, 0.25) is 0 Å². The number of aromatic nitrogens is 2. The molecule has 1 N–H and O–H groups in total. The molecule has 0 atom stereocenters. The molecule has 26 heavy (non-hydrogen) atoms. The first-order valence-electron chi connectivity index (χ1n) is 8.17. The van der Waals surface area contributed by atoms with E-state index in [9.17, 15) is 4.79 Å². The second kappa shape index (κ2) is 6.80. The standard InChI is InChI=1S/C20H16BrN3O2/c1-13-15(8-5-9-22-13)23-20(25)17-10-18-16(11-19(21)26-18)24(17)12-14-6-3-2-4-7-14/h2-11H,12H2,1H3,(H,23,25). The van der Waals surface area contributed by atoms with Gasteiger partial charge in [-0.1, -0.05) is 30.3 Å². The minimum Gasteiger partial charge on any atom is -0.448 e. The van der Waals surface area contributed by atoms with Gasteiger partial charge in [-0.15, -0.1) is 0 Å². The van der Waals surface area contributed by atoms with Crippen LogP contribution in [-0.4, -0.2) is 15.5 Å². The van der Waals surface area contributed by atoms with Crippen molar-refractivity contribution in [2.75, 3.05) is 5.32 Å². The molecule has 0 aliphatic rings. The van der Waals surface area contributed by atoms with Crippen molar-refractivity contribution in [3.8, 4) is 0 Å². The molecule has 0 unspecified atom stereocenters. The largest absolute Gasteiger partial charge is 0.448 e. The van der Waals surface area contributed by atoms with Crippen molar-refractivity contribution >= 4 is 38.6 Å². The Bertz CT molecular complexity index is 1080. The first kappa shape index (κ1) is 16.6. The van der Waals surface area contributed by atoms with E-state index in [0.29, 0.717) is 28.2 Å². The number of benzene rings is 1. The number of hydrogen-bond donors (Lipinski definition) is 1. The predicted molar refractivity (Wildman–Crippen MR) is 104 cm³/mol. The first-order valence-corrected chi connectivity index (χ1v) is 8.96. The van der Waals surface area contributed by atoms with Gasteiger partial charge in [0.15, 0.2) is 10.3 Å². The zero-order valence-electron chi connectivity index (χ0n) is 14.1. The topological polar surface area (TPSA) is 60.1 Å². The normalized spacial score (nSPS) is 11.0. The van der Waals surface area contributed by atoms with E-state index in [2.05, 4.69) is 26.2 Å². The molecule has 0 saturated heterocycles. The number of carbonyl (C=O) groups is 1. The number of fused-ring (bicyclic) bond motifs is 1. The summed E-state index contributed by atoms with van der Waals surface area (Å²) < 4.78 is 8.25. The van der Waals surface area contributed by atoms with Crippen LogP contribution in [0.1, 0.15) is 21.7 Å². The molecule has 0 radical (unpaired) electrons. The van der Waals surface area contributed by atoms with Crippen molar-refractivity contribution in [1.29, 1.82) is 0 Å². The Kier molecular flexibility index (Phi) is 4.34. The van der Waals surface area contributed by atoms with Gasteiger partial charge in [0.1, 0.15) is 5.69 Å². The smallest absolute Gasteiger partial charge is 0.272 e. The number of aryl methyl sites for hydroxylation is 1. The van der Waals surface area contributed by atoms with Crippen LogP contribution in [0.15, 0.2) is 69.9 Å². The minimum atomic E-state index is -0.195. The van der Waals surface area contributed by atoms with Crippen molar-refractivity contribution < 1.29 is 9.21 Å². The zero-order valence-corrected chi connectivity index (χ0v) is 15.7. The summed E-state index contributed by atoms with van der Waals surface area (Å²) in [5, 5.41) is 2.94. The molecule has 0 spiro atoms. The van der Waals surface area contributed by atoms with E-state index in [0.717, 1.165) is 16.8 Å². The van der Waals surface area contributed by atoms with E-state index in [-0.39, 0.29) is 5.91 Å². The van der Waals surface area contributed by atoms with Gasteiger partial charge in [-0.2, -0.15) is 0 Å². The van der Waals surface area contributed by atoms with Crippen LogP contribution < -0.4 is 5.32 Å². The fourth-order valence-electron chi connectivity index (χ4n) is 2.94. The van der Waals surface area contributed by atoms with Crippen LogP contribution in [0.5, 0.6) is 0 Å². The Labute approximate surface area is 158 Å². The maximum Gasteiger partial charge on any atom is 0.272 e. The fraction of sp³-hybridized carbons (Fsp3) is 0.100. The maximum atomic E-state index is 12.9. The second-order valence-corrected chi connectivity index (χ2v) is 6.77. The lowest BCUT2D eigenvalue weighted by molar-refractivity contribution is 0.101. The molecule has 1 aromatic carbocycles. The third kappa shape index (κ3) is 3.15. The predicted octanol–water partition coefficient (Wildman–Crippen LogP) is 5.00. The van der Waals surface area contributed by atoms with Crippen molar-refractivity contribution in [3.63, 3.8) is 0 Å². The highest BCUT2D eigenvalue weighted by molar-refractivity contribution is 9.10. The number of halogens is 1. The number of pyridine rings is 1. The van der Waals surface area contributed by atoms with E-state index in [1.807, 2.05) is 54.0 Å². The molecule has 4 aromatic rings. The summed E-state index contributed by atoms with van der Waals surface area (Å²) in [6.45, 7) is 2.44. The van der Waals surface area contributed by atoms with E-state index >= 15 is 0 Å². The highest BCUT2D eigenvalue weighted by atomic mass is 79.9. The molecule has 130 valence electrons. The van der Waals surface area contributed by atoms with Gasteiger partial charge >= 0.3 is 0 Å². The van der Waals surface area contributed by atoms with Crippen molar-refractivity contribution in [2.24, 2.45) is 0 Å². The SMILES string of the molecule is Cc1ncccc1NC(=O)c1cc2oc(Br)cc2n1Cc1ccccc1. The molecule has 0 bridgehead atoms. The maximum absolute atomic E-state index is 12.9. The molecule has 6 heteroatoms. The monoisotopic (exact) mass is 409 g/mol. The zero-order chi connectivity index (χ0) is 18.1. The Hall–Kier alpha value is -2.86. The van der Waals surface area contributed by atoms with Crippen LogP contribution in [0.4, 0.5) is 5.69 Å². The lowest BCUT2D eigenvalue weighted by atomic mass is 10.2. The lowest BCUT2D eigenvalue weighted by Crippen LogP contribution is -2.18. The summed E-state index contributed by atoms with van der Waals surface area (Å²) in [5.41, 5.74) is 4.65. The summed E-state index contributed by atoms with van der Waals surface area (Å²) in [6, 6.07) is 17.3. The number of furan rings is 1. The average molecular weight is 410 g/mol. The molecule has 3 heterocycles. The quantitative estimate of drug-likeness (QED) is 0.515. The fourth-order valence-corrected chi connectivity index (χ4v) is 3.33. The van der Waals surface area contributed by atoms with E-state index < -0.39 is 0 Å². The van der Waals surface area contributed by atoms with Gasteiger partial charge in [-0.25, -0.2) is 0 Å². The molecule has 4 rings (SSSR count). The van der Waals surface area contributed by atoms with Gasteiger partial charge in [0, 0.05) is 24.9 Å². The number of hydrogen-bond acceptors (Lipinski definition) is 3. The average Bonchev–Trinajstić information content (AvgIpc) is 3.15. The Morgan fingerprint density at radius 3 is 2.77 bits per heavy atom. The van der Waals surface area contributed by atoms with Crippen LogP contribution in [-0.2, 0) is 6.54 Å². The van der Waals surface area contributed by atoms with E-state index in [1.54, 1.807) is 18.3 Å². The number of nitrogens with one attached hydrogen (secondary N) is 1. The van der Waals surface area contributed by atoms with Crippen LogP contribution in [0.25, 0.3) is 11.1 Å². The van der Waals surface area contributed by atoms with Crippen molar-refractivity contribution in [2.45, 2.75) is 13.5 Å². The molecule has 0 fully saturated rings. The Morgan fingerprint density at radius 1 is 1.19 bits per heavy atom. The van der Waals surface area contributed by atoms with Crippen LogP contribution >= 0.6 is 15.9 Å². The van der Waals surface area contributed by atoms with E-state index in [4.69, 9.17) is 4.42 Å². The summed E-state index contributed by atoms with van der Waals surface area (Å²) in [5.74, 6) is -0.195. The Morgan fingerprint density at radius 2 is 2.00 bits per heavy atom. The van der Waals surface area contributed by atoms with Gasteiger partial charge < -0.3 is 14.3 Å². The van der Waals surface area contributed by atoms with Crippen LogP contribution in [0.2, 0.25) is 0 Å². The summed E-state index contributed by atoms with van der Waals surface area (Å²) in [6.07, 6.45) is 1.70. The number of carbonyl (C=O) groups excluding carboxylic acids is 1. The van der Waals surface area contributed by atoms with Gasteiger partial charge in [-0.3, -0.25) is 9.78 Å². The summed E-state index contributed by atoms with van der Waals surface area (Å²) in [4.78, 5) is 17.1. The number of rotatable bonds is 4. The number of amides is 1. The molecule has 0 aliphatic carbocycles. The molecule has 0 aliphatic heterocycles.